The minimum atomic E-state index is 0.341. The number of hydrogen-bond acceptors (Lipinski definition) is 2. The summed E-state index contributed by atoms with van der Waals surface area (Å²) in [5.41, 5.74) is 2.49. The zero-order valence-electron chi connectivity index (χ0n) is 8.89. The van der Waals surface area contributed by atoms with Crippen LogP contribution in [0.15, 0.2) is 16.6 Å². The minimum Gasteiger partial charge on any atom is -0.507 e. The maximum Gasteiger partial charge on any atom is 0.130 e. The summed E-state index contributed by atoms with van der Waals surface area (Å²) in [5.74, 6) is 0.341. The third-order valence-corrected chi connectivity index (χ3v) is 3.67. The van der Waals surface area contributed by atoms with Crippen molar-refractivity contribution in [2.75, 3.05) is 6.54 Å². The molecule has 1 aliphatic heterocycles. The largest absolute Gasteiger partial charge is 0.507 e. The van der Waals surface area contributed by atoms with Gasteiger partial charge in [0, 0.05) is 6.04 Å². The number of phenolic OH excluding ortho intramolecular Hbond substituents is 1. The average Bonchev–Trinajstić information content (AvgIpc) is 2.67. The highest BCUT2D eigenvalue weighted by molar-refractivity contribution is 9.10. The lowest BCUT2D eigenvalue weighted by Crippen LogP contribution is -2.23. The monoisotopic (exact) mass is 269 g/mol. The lowest BCUT2D eigenvalue weighted by molar-refractivity contribution is 0.470. The van der Waals surface area contributed by atoms with Gasteiger partial charge in [-0.05, 0) is 71.9 Å². The van der Waals surface area contributed by atoms with Crippen molar-refractivity contribution < 1.29 is 5.11 Å². The van der Waals surface area contributed by atoms with Gasteiger partial charge in [0.15, 0.2) is 0 Å². The minimum absolute atomic E-state index is 0.341. The van der Waals surface area contributed by atoms with Crippen molar-refractivity contribution in [2.45, 2.75) is 32.2 Å². The van der Waals surface area contributed by atoms with Crippen LogP contribution in [0.2, 0.25) is 0 Å². The molecule has 0 spiro atoms. The summed E-state index contributed by atoms with van der Waals surface area (Å²) in [6.07, 6.45) is 3.54. The molecule has 1 unspecified atom stereocenters. The van der Waals surface area contributed by atoms with E-state index in [9.17, 15) is 5.11 Å². The van der Waals surface area contributed by atoms with E-state index in [1.807, 2.05) is 12.1 Å². The standard InChI is InChI=1S/C12H16BrNO/c1-8-5-11(13)12(15)7-9(8)6-10-3-2-4-14-10/h5,7,10,14-15H,2-4,6H2,1H3. The molecule has 0 aromatic heterocycles. The van der Waals surface area contributed by atoms with Crippen molar-refractivity contribution in [3.05, 3.63) is 27.7 Å². The van der Waals surface area contributed by atoms with Crippen molar-refractivity contribution in [1.29, 1.82) is 0 Å². The molecule has 0 aliphatic carbocycles. The smallest absolute Gasteiger partial charge is 0.130 e. The maximum absolute atomic E-state index is 9.63. The number of benzene rings is 1. The second kappa shape index (κ2) is 4.54. The van der Waals surface area contributed by atoms with Crippen LogP contribution in [0.1, 0.15) is 24.0 Å². The lowest BCUT2D eigenvalue weighted by atomic mass is 10.00. The van der Waals surface area contributed by atoms with E-state index in [4.69, 9.17) is 0 Å². The predicted molar refractivity (Wildman–Crippen MR) is 65.3 cm³/mol. The molecule has 0 bridgehead atoms. The number of halogens is 1. The van der Waals surface area contributed by atoms with Gasteiger partial charge < -0.3 is 10.4 Å². The second-order valence-corrected chi connectivity index (χ2v) is 5.08. The molecule has 1 atom stereocenters. The Kier molecular flexibility index (Phi) is 3.32. The highest BCUT2D eigenvalue weighted by atomic mass is 79.9. The summed E-state index contributed by atoms with van der Waals surface area (Å²) < 4.78 is 0.781. The second-order valence-electron chi connectivity index (χ2n) is 4.23. The first-order chi connectivity index (χ1) is 7.16. The Hall–Kier alpha value is -0.540. The topological polar surface area (TPSA) is 32.3 Å². The van der Waals surface area contributed by atoms with Crippen molar-refractivity contribution in [3.8, 4) is 5.75 Å². The SMILES string of the molecule is Cc1cc(Br)c(O)cc1CC1CCCN1. The summed E-state index contributed by atoms with van der Waals surface area (Å²) in [7, 11) is 0. The van der Waals surface area contributed by atoms with E-state index in [1.54, 1.807) is 0 Å². The fourth-order valence-corrected chi connectivity index (χ4v) is 2.58. The van der Waals surface area contributed by atoms with Crippen LogP contribution in [-0.2, 0) is 6.42 Å². The number of hydrogen-bond donors (Lipinski definition) is 2. The van der Waals surface area contributed by atoms with Crippen molar-refractivity contribution in [3.63, 3.8) is 0 Å². The summed E-state index contributed by atoms with van der Waals surface area (Å²) in [6.45, 7) is 3.22. The molecule has 0 amide bonds. The zero-order chi connectivity index (χ0) is 10.8. The number of nitrogens with one attached hydrogen (secondary N) is 1. The molecule has 1 aromatic carbocycles. The molecular formula is C12H16BrNO. The van der Waals surface area contributed by atoms with Crippen LogP contribution in [0.3, 0.4) is 0 Å². The first-order valence-corrected chi connectivity index (χ1v) is 6.17. The lowest BCUT2D eigenvalue weighted by Gasteiger charge is -2.13. The quantitative estimate of drug-likeness (QED) is 0.866. The van der Waals surface area contributed by atoms with Crippen LogP contribution in [0.4, 0.5) is 0 Å². The molecule has 1 fully saturated rings. The predicted octanol–water partition coefficient (Wildman–Crippen LogP) is 2.76. The van der Waals surface area contributed by atoms with Gasteiger partial charge in [-0.3, -0.25) is 0 Å². The van der Waals surface area contributed by atoms with Crippen molar-refractivity contribution in [2.24, 2.45) is 0 Å². The van der Waals surface area contributed by atoms with E-state index in [-0.39, 0.29) is 0 Å². The van der Waals surface area contributed by atoms with Crippen LogP contribution in [0.5, 0.6) is 5.75 Å². The van der Waals surface area contributed by atoms with Crippen molar-refractivity contribution >= 4 is 15.9 Å². The molecule has 1 heterocycles. The number of aromatic hydroxyl groups is 1. The van der Waals surface area contributed by atoms with Crippen LogP contribution in [0.25, 0.3) is 0 Å². The summed E-state index contributed by atoms with van der Waals surface area (Å²) in [6, 6.07) is 4.45. The van der Waals surface area contributed by atoms with Gasteiger partial charge in [-0.1, -0.05) is 0 Å². The van der Waals surface area contributed by atoms with Gasteiger partial charge in [0.1, 0.15) is 5.75 Å². The molecule has 3 heteroatoms. The van der Waals surface area contributed by atoms with Gasteiger partial charge in [0.2, 0.25) is 0 Å². The molecule has 0 radical (unpaired) electrons. The normalized spacial score (nSPS) is 20.8. The van der Waals surface area contributed by atoms with E-state index in [0.717, 1.165) is 17.4 Å². The summed E-state index contributed by atoms with van der Waals surface area (Å²) in [5, 5.41) is 13.1. The summed E-state index contributed by atoms with van der Waals surface area (Å²) in [4.78, 5) is 0. The van der Waals surface area contributed by atoms with Gasteiger partial charge in [0.05, 0.1) is 4.47 Å². The molecule has 82 valence electrons. The number of rotatable bonds is 2. The molecule has 2 rings (SSSR count). The Morgan fingerprint density at radius 1 is 1.53 bits per heavy atom. The Morgan fingerprint density at radius 3 is 3.00 bits per heavy atom. The van der Waals surface area contributed by atoms with Crippen LogP contribution >= 0.6 is 15.9 Å². The van der Waals surface area contributed by atoms with Crippen molar-refractivity contribution in [1.82, 2.24) is 5.32 Å². The third kappa shape index (κ3) is 2.52. The molecule has 1 aromatic rings. The van der Waals surface area contributed by atoms with Gasteiger partial charge in [-0.25, -0.2) is 0 Å². The molecule has 1 saturated heterocycles. The molecule has 1 aliphatic rings. The Labute approximate surface area is 98.8 Å². The van der Waals surface area contributed by atoms with E-state index in [1.165, 1.54) is 24.0 Å². The Bertz CT molecular complexity index is 359. The average molecular weight is 270 g/mol. The van der Waals surface area contributed by atoms with Gasteiger partial charge in [0.25, 0.3) is 0 Å². The highest BCUT2D eigenvalue weighted by Crippen LogP contribution is 2.28. The van der Waals surface area contributed by atoms with Crippen LogP contribution in [0, 0.1) is 6.92 Å². The molecular weight excluding hydrogens is 254 g/mol. The van der Waals surface area contributed by atoms with E-state index in [2.05, 4.69) is 28.2 Å². The van der Waals surface area contributed by atoms with Gasteiger partial charge >= 0.3 is 0 Å². The van der Waals surface area contributed by atoms with E-state index in [0.29, 0.717) is 11.8 Å². The van der Waals surface area contributed by atoms with Gasteiger partial charge in [-0.15, -0.1) is 0 Å². The van der Waals surface area contributed by atoms with E-state index >= 15 is 0 Å². The fourth-order valence-electron chi connectivity index (χ4n) is 2.12. The molecule has 15 heavy (non-hydrogen) atoms. The highest BCUT2D eigenvalue weighted by Gasteiger charge is 2.16. The Morgan fingerprint density at radius 2 is 2.33 bits per heavy atom. The first kappa shape index (κ1) is 11.0. The molecule has 0 saturated carbocycles. The number of phenols is 1. The van der Waals surface area contributed by atoms with Crippen LogP contribution in [-0.4, -0.2) is 17.7 Å². The molecule has 2 nitrogen and oxygen atoms in total. The molecule has 2 N–H and O–H groups in total. The van der Waals surface area contributed by atoms with Gasteiger partial charge in [-0.2, -0.15) is 0 Å². The fraction of sp³-hybridized carbons (Fsp3) is 0.500. The maximum atomic E-state index is 9.63. The third-order valence-electron chi connectivity index (χ3n) is 3.03. The Balaban J connectivity index is 2.16. The van der Waals surface area contributed by atoms with E-state index < -0.39 is 0 Å². The zero-order valence-corrected chi connectivity index (χ0v) is 10.5. The number of aryl methyl sites for hydroxylation is 1. The van der Waals surface area contributed by atoms with Crippen LogP contribution < -0.4 is 5.32 Å². The first-order valence-electron chi connectivity index (χ1n) is 5.38. The summed E-state index contributed by atoms with van der Waals surface area (Å²) >= 11 is 3.33.